The van der Waals surface area contributed by atoms with Crippen molar-refractivity contribution in [3.05, 3.63) is 38.7 Å². The molecule has 0 amide bonds. The molecule has 0 saturated heterocycles. The predicted octanol–water partition coefficient (Wildman–Crippen LogP) is 3.61. The lowest BCUT2D eigenvalue weighted by molar-refractivity contribution is 1.14. The van der Waals surface area contributed by atoms with Gasteiger partial charge < -0.3 is 11.1 Å². The van der Waals surface area contributed by atoms with E-state index in [0.717, 1.165) is 6.54 Å². The molecular formula is C12H14ClN3S. The Morgan fingerprint density at radius 2 is 2.12 bits per heavy atom. The average Bonchev–Trinajstić information content (AvgIpc) is 2.54. The van der Waals surface area contributed by atoms with Crippen LogP contribution in [0.2, 0.25) is 5.15 Å². The largest absolute Gasteiger partial charge is 0.399 e. The maximum Gasteiger partial charge on any atom is 0.133 e. The van der Waals surface area contributed by atoms with E-state index in [2.05, 4.69) is 30.2 Å². The zero-order valence-corrected chi connectivity index (χ0v) is 11.3. The number of halogens is 1. The normalized spacial score (nSPS) is 10.5. The molecule has 0 spiro atoms. The summed E-state index contributed by atoms with van der Waals surface area (Å²) in [5, 5.41) is 3.63. The van der Waals surface area contributed by atoms with Gasteiger partial charge in [0.2, 0.25) is 0 Å². The van der Waals surface area contributed by atoms with Gasteiger partial charge in [-0.1, -0.05) is 11.6 Å². The molecule has 90 valence electrons. The monoisotopic (exact) mass is 267 g/mol. The number of aryl methyl sites for hydroxylation is 2. The molecule has 0 unspecified atom stereocenters. The summed E-state index contributed by atoms with van der Waals surface area (Å²) >= 11 is 7.62. The fraction of sp³-hybridized carbons (Fsp3) is 0.250. The number of pyridine rings is 1. The van der Waals surface area contributed by atoms with E-state index in [9.17, 15) is 0 Å². The van der Waals surface area contributed by atoms with Crippen molar-refractivity contribution < 1.29 is 0 Å². The summed E-state index contributed by atoms with van der Waals surface area (Å²) in [6.07, 6.45) is 0. The second-order valence-corrected chi connectivity index (χ2v) is 5.64. The van der Waals surface area contributed by atoms with Gasteiger partial charge in [-0.05, 0) is 31.5 Å². The molecule has 2 aromatic rings. The summed E-state index contributed by atoms with van der Waals surface area (Å²) in [5.41, 5.74) is 7.64. The van der Waals surface area contributed by atoms with Crippen molar-refractivity contribution in [2.75, 3.05) is 11.1 Å². The minimum absolute atomic E-state index is 0.408. The number of anilines is 2. The van der Waals surface area contributed by atoms with E-state index in [4.69, 9.17) is 17.3 Å². The molecule has 0 aliphatic heterocycles. The molecular weight excluding hydrogens is 254 g/mol. The molecule has 2 heterocycles. The van der Waals surface area contributed by atoms with Crippen LogP contribution in [-0.4, -0.2) is 4.98 Å². The van der Waals surface area contributed by atoms with Crippen molar-refractivity contribution >= 4 is 34.4 Å². The first-order valence-electron chi connectivity index (χ1n) is 5.27. The van der Waals surface area contributed by atoms with Crippen LogP contribution in [0.1, 0.15) is 15.3 Å². The van der Waals surface area contributed by atoms with Gasteiger partial charge in [-0.15, -0.1) is 11.3 Å². The van der Waals surface area contributed by atoms with Gasteiger partial charge in [0.1, 0.15) is 11.0 Å². The predicted molar refractivity (Wildman–Crippen MR) is 74.8 cm³/mol. The highest BCUT2D eigenvalue weighted by Gasteiger charge is 2.03. The van der Waals surface area contributed by atoms with Gasteiger partial charge in [-0.2, -0.15) is 0 Å². The van der Waals surface area contributed by atoms with Crippen LogP contribution in [0.3, 0.4) is 0 Å². The Labute approximate surface area is 110 Å². The molecule has 0 fully saturated rings. The van der Waals surface area contributed by atoms with E-state index >= 15 is 0 Å². The summed E-state index contributed by atoms with van der Waals surface area (Å²) in [6.45, 7) is 4.98. The third-order valence-electron chi connectivity index (χ3n) is 2.48. The molecule has 5 heteroatoms. The number of nitrogens with one attached hydrogen (secondary N) is 1. The maximum absolute atomic E-state index is 5.83. The molecule has 3 N–H and O–H groups in total. The molecule has 0 atom stereocenters. The van der Waals surface area contributed by atoms with E-state index in [1.165, 1.54) is 15.3 Å². The first-order valence-corrected chi connectivity index (χ1v) is 6.47. The standard InChI is InChI=1S/C12H14ClN3S/c1-7-3-10(17-8(7)2)6-15-12-5-9(14)4-11(13)16-12/h3-5H,6H2,1-2H3,(H3,14,15,16). The lowest BCUT2D eigenvalue weighted by Crippen LogP contribution is -2.00. The molecule has 0 aromatic carbocycles. The summed E-state index contributed by atoms with van der Waals surface area (Å²) < 4.78 is 0. The van der Waals surface area contributed by atoms with Crippen LogP contribution in [0.25, 0.3) is 0 Å². The Hall–Kier alpha value is -1.26. The summed E-state index contributed by atoms with van der Waals surface area (Å²) in [5.74, 6) is 0.707. The van der Waals surface area contributed by atoms with Crippen molar-refractivity contribution in [2.24, 2.45) is 0 Å². The van der Waals surface area contributed by atoms with E-state index in [0.29, 0.717) is 16.7 Å². The van der Waals surface area contributed by atoms with Crippen molar-refractivity contribution in [3.8, 4) is 0 Å². The SMILES string of the molecule is Cc1cc(CNc2cc(N)cc(Cl)n2)sc1C. The molecule has 17 heavy (non-hydrogen) atoms. The number of hydrogen-bond acceptors (Lipinski definition) is 4. The maximum atomic E-state index is 5.83. The van der Waals surface area contributed by atoms with Crippen molar-refractivity contribution in [3.63, 3.8) is 0 Å². The van der Waals surface area contributed by atoms with Crippen LogP contribution in [0, 0.1) is 13.8 Å². The number of nitrogens with two attached hydrogens (primary N) is 1. The van der Waals surface area contributed by atoms with Crippen molar-refractivity contribution in [2.45, 2.75) is 20.4 Å². The Bertz CT molecular complexity index is 497. The average molecular weight is 268 g/mol. The number of rotatable bonds is 3. The number of aromatic nitrogens is 1. The van der Waals surface area contributed by atoms with Gasteiger partial charge in [0.05, 0.1) is 6.54 Å². The quantitative estimate of drug-likeness (QED) is 0.836. The smallest absolute Gasteiger partial charge is 0.133 e. The first kappa shape index (κ1) is 12.2. The third kappa shape index (κ3) is 3.11. The summed E-state index contributed by atoms with van der Waals surface area (Å²) in [7, 11) is 0. The van der Waals surface area contributed by atoms with E-state index < -0.39 is 0 Å². The Morgan fingerprint density at radius 3 is 2.71 bits per heavy atom. The molecule has 0 aliphatic rings. The lowest BCUT2D eigenvalue weighted by atomic mass is 10.3. The topological polar surface area (TPSA) is 50.9 Å². The zero-order chi connectivity index (χ0) is 12.4. The van der Waals surface area contributed by atoms with Crippen LogP contribution >= 0.6 is 22.9 Å². The molecule has 2 rings (SSSR count). The van der Waals surface area contributed by atoms with E-state index in [1.807, 2.05) is 0 Å². The molecule has 0 radical (unpaired) electrons. The molecule has 0 saturated carbocycles. The first-order chi connectivity index (χ1) is 8.04. The van der Waals surface area contributed by atoms with Gasteiger partial charge in [0.25, 0.3) is 0 Å². The van der Waals surface area contributed by atoms with Crippen LogP contribution in [0.5, 0.6) is 0 Å². The fourth-order valence-corrected chi connectivity index (χ4v) is 2.73. The van der Waals surface area contributed by atoms with E-state index in [1.54, 1.807) is 23.5 Å². The minimum Gasteiger partial charge on any atom is -0.399 e. The highest BCUT2D eigenvalue weighted by Crippen LogP contribution is 2.22. The minimum atomic E-state index is 0.408. The number of thiophene rings is 1. The van der Waals surface area contributed by atoms with Crippen LogP contribution < -0.4 is 11.1 Å². The number of nitrogen functional groups attached to an aromatic ring is 1. The van der Waals surface area contributed by atoms with Crippen LogP contribution in [-0.2, 0) is 6.54 Å². The second kappa shape index (κ2) is 4.94. The van der Waals surface area contributed by atoms with Gasteiger partial charge in [-0.25, -0.2) is 4.98 Å². The van der Waals surface area contributed by atoms with Crippen LogP contribution in [0.4, 0.5) is 11.5 Å². The highest BCUT2D eigenvalue weighted by molar-refractivity contribution is 7.12. The van der Waals surface area contributed by atoms with Crippen molar-refractivity contribution in [1.29, 1.82) is 0 Å². The van der Waals surface area contributed by atoms with E-state index in [-0.39, 0.29) is 0 Å². The van der Waals surface area contributed by atoms with Gasteiger partial charge in [0.15, 0.2) is 0 Å². The molecule has 2 aromatic heterocycles. The molecule has 0 aliphatic carbocycles. The fourth-order valence-electron chi connectivity index (χ4n) is 1.52. The van der Waals surface area contributed by atoms with Gasteiger partial charge in [0, 0.05) is 21.5 Å². The Morgan fingerprint density at radius 1 is 1.35 bits per heavy atom. The lowest BCUT2D eigenvalue weighted by Gasteiger charge is -2.05. The Kier molecular flexibility index (Phi) is 3.54. The third-order valence-corrected chi connectivity index (χ3v) is 3.82. The second-order valence-electron chi connectivity index (χ2n) is 3.91. The summed E-state index contributed by atoms with van der Waals surface area (Å²) in [6, 6.07) is 5.59. The number of nitrogens with zero attached hydrogens (tertiary/aromatic N) is 1. The highest BCUT2D eigenvalue weighted by atomic mass is 35.5. The summed E-state index contributed by atoms with van der Waals surface area (Å²) in [4.78, 5) is 6.78. The van der Waals surface area contributed by atoms with Crippen LogP contribution in [0.15, 0.2) is 18.2 Å². The molecule has 3 nitrogen and oxygen atoms in total. The zero-order valence-electron chi connectivity index (χ0n) is 9.75. The van der Waals surface area contributed by atoms with Gasteiger partial charge >= 0.3 is 0 Å². The molecule has 0 bridgehead atoms. The van der Waals surface area contributed by atoms with Crippen molar-refractivity contribution in [1.82, 2.24) is 4.98 Å². The van der Waals surface area contributed by atoms with Gasteiger partial charge in [-0.3, -0.25) is 0 Å². The Balaban J connectivity index is 2.07. The number of hydrogen-bond donors (Lipinski definition) is 2.